The van der Waals surface area contributed by atoms with Crippen molar-refractivity contribution in [2.45, 2.75) is 25.8 Å². The van der Waals surface area contributed by atoms with E-state index in [-0.39, 0.29) is 0 Å². The predicted octanol–water partition coefficient (Wildman–Crippen LogP) is 1.02. The fraction of sp³-hybridized carbons (Fsp3) is 0.778. The first-order valence-electron chi connectivity index (χ1n) is 4.95. The second kappa shape index (κ2) is 4.79. The molecule has 1 fully saturated rings. The highest BCUT2D eigenvalue weighted by Crippen LogP contribution is 2.16. The first kappa shape index (κ1) is 9.98. The highest BCUT2D eigenvalue weighted by molar-refractivity contribution is 7.99. The number of aromatic nitrogens is 2. The van der Waals surface area contributed by atoms with Crippen molar-refractivity contribution < 1.29 is 4.52 Å². The Morgan fingerprint density at radius 1 is 1.64 bits per heavy atom. The summed E-state index contributed by atoms with van der Waals surface area (Å²) < 4.78 is 5.02. The largest absolute Gasteiger partial charge is 0.339 e. The molecule has 1 unspecified atom stereocenters. The Morgan fingerprint density at radius 3 is 3.21 bits per heavy atom. The Balaban J connectivity index is 1.67. The highest BCUT2D eigenvalue weighted by Gasteiger charge is 2.14. The summed E-state index contributed by atoms with van der Waals surface area (Å²) >= 11 is 2.02. The van der Waals surface area contributed by atoms with Crippen LogP contribution in [0.1, 0.15) is 18.1 Å². The van der Waals surface area contributed by atoms with Crippen molar-refractivity contribution in [1.82, 2.24) is 15.5 Å². The fourth-order valence-corrected chi connectivity index (χ4v) is 2.71. The summed E-state index contributed by atoms with van der Waals surface area (Å²) in [6, 6.07) is 0.684. The minimum Gasteiger partial charge on any atom is -0.339 e. The van der Waals surface area contributed by atoms with E-state index in [1.165, 1.54) is 17.9 Å². The predicted molar refractivity (Wildman–Crippen MR) is 56.5 cm³/mol. The molecule has 0 spiro atoms. The maximum atomic E-state index is 5.02. The number of thioether (sulfide) groups is 1. The Morgan fingerprint density at radius 2 is 2.57 bits per heavy atom. The van der Waals surface area contributed by atoms with Crippen LogP contribution in [-0.4, -0.2) is 34.2 Å². The van der Waals surface area contributed by atoms with Gasteiger partial charge in [-0.2, -0.15) is 16.7 Å². The van der Waals surface area contributed by atoms with Crippen molar-refractivity contribution in [3.8, 4) is 0 Å². The van der Waals surface area contributed by atoms with Gasteiger partial charge in [0, 0.05) is 24.8 Å². The molecule has 1 atom stereocenters. The maximum Gasteiger partial charge on any atom is 0.227 e. The van der Waals surface area contributed by atoms with E-state index in [9.17, 15) is 0 Å². The van der Waals surface area contributed by atoms with Crippen LogP contribution in [0.3, 0.4) is 0 Å². The SMILES string of the molecule is Cc1noc(CCNC2CCSC2)n1. The molecule has 1 aliphatic heterocycles. The molecule has 2 heterocycles. The van der Waals surface area contributed by atoms with Crippen LogP contribution in [0.4, 0.5) is 0 Å². The first-order chi connectivity index (χ1) is 6.84. The molecule has 0 aliphatic carbocycles. The van der Waals surface area contributed by atoms with Gasteiger partial charge >= 0.3 is 0 Å². The molecule has 4 nitrogen and oxygen atoms in total. The third kappa shape index (κ3) is 2.72. The van der Waals surface area contributed by atoms with E-state index in [0.717, 1.165) is 24.7 Å². The lowest BCUT2D eigenvalue weighted by atomic mass is 10.2. The quantitative estimate of drug-likeness (QED) is 0.809. The zero-order chi connectivity index (χ0) is 9.80. The molecule has 1 N–H and O–H groups in total. The summed E-state index contributed by atoms with van der Waals surface area (Å²) in [6.45, 7) is 2.78. The Labute approximate surface area is 87.8 Å². The van der Waals surface area contributed by atoms with Crippen LogP contribution in [0.25, 0.3) is 0 Å². The molecule has 1 aromatic rings. The van der Waals surface area contributed by atoms with E-state index in [2.05, 4.69) is 15.5 Å². The van der Waals surface area contributed by atoms with Gasteiger partial charge in [-0.05, 0) is 19.1 Å². The lowest BCUT2D eigenvalue weighted by Gasteiger charge is -2.08. The van der Waals surface area contributed by atoms with Crippen LogP contribution >= 0.6 is 11.8 Å². The number of nitrogens with one attached hydrogen (secondary N) is 1. The van der Waals surface area contributed by atoms with Crippen molar-refractivity contribution in [2.24, 2.45) is 0 Å². The van der Waals surface area contributed by atoms with E-state index < -0.39 is 0 Å². The average Bonchev–Trinajstić information content (AvgIpc) is 2.77. The molecule has 78 valence electrons. The zero-order valence-electron chi connectivity index (χ0n) is 8.32. The van der Waals surface area contributed by atoms with Gasteiger partial charge in [-0.1, -0.05) is 5.16 Å². The van der Waals surface area contributed by atoms with Gasteiger partial charge in [0.1, 0.15) is 0 Å². The molecular formula is C9H15N3OS. The number of rotatable bonds is 4. The van der Waals surface area contributed by atoms with Crippen molar-refractivity contribution >= 4 is 11.8 Å². The molecule has 1 aliphatic rings. The van der Waals surface area contributed by atoms with Gasteiger partial charge in [0.15, 0.2) is 5.82 Å². The van der Waals surface area contributed by atoms with Crippen molar-refractivity contribution in [1.29, 1.82) is 0 Å². The fourth-order valence-electron chi connectivity index (χ4n) is 1.52. The Bertz CT molecular complexity index is 283. The third-order valence-electron chi connectivity index (χ3n) is 2.27. The van der Waals surface area contributed by atoms with Crippen LogP contribution in [0.15, 0.2) is 4.52 Å². The third-order valence-corrected chi connectivity index (χ3v) is 3.43. The summed E-state index contributed by atoms with van der Waals surface area (Å²) in [4.78, 5) is 4.15. The van der Waals surface area contributed by atoms with Crippen molar-refractivity contribution in [3.63, 3.8) is 0 Å². The summed E-state index contributed by atoms with van der Waals surface area (Å²) in [6.07, 6.45) is 2.12. The molecule has 1 saturated heterocycles. The standard InChI is InChI=1S/C9H15N3OS/c1-7-11-9(13-12-7)2-4-10-8-3-5-14-6-8/h8,10H,2-6H2,1H3. The molecule has 5 heteroatoms. The van der Waals surface area contributed by atoms with Gasteiger partial charge in [0.2, 0.25) is 5.89 Å². The molecule has 0 amide bonds. The first-order valence-corrected chi connectivity index (χ1v) is 6.10. The monoisotopic (exact) mass is 213 g/mol. The van der Waals surface area contributed by atoms with Gasteiger partial charge in [0.05, 0.1) is 0 Å². The van der Waals surface area contributed by atoms with E-state index in [1.54, 1.807) is 0 Å². The van der Waals surface area contributed by atoms with Gasteiger partial charge in [-0.25, -0.2) is 0 Å². The van der Waals surface area contributed by atoms with Crippen LogP contribution in [0.2, 0.25) is 0 Å². The van der Waals surface area contributed by atoms with E-state index >= 15 is 0 Å². The molecule has 0 radical (unpaired) electrons. The summed E-state index contributed by atoms with van der Waals surface area (Å²) in [5.41, 5.74) is 0. The summed E-state index contributed by atoms with van der Waals surface area (Å²) in [5.74, 6) is 3.98. The van der Waals surface area contributed by atoms with E-state index in [0.29, 0.717) is 6.04 Å². The zero-order valence-corrected chi connectivity index (χ0v) is 9.14. The lowest BCUT2D eigenvalue weighted by Crippen LogP contribution is -2.30. The summed E-state index contributed by atoms with van der Waals surface area (Å²) in [5, 5.41) is 7.24. The Hall–Kier alpha value is -0.550. The van der Waals surface area contributed by atoms with Crippen molar-refractivity contribution in [2.75, 3.05) is 18.1 Å². The topological polar surface area (TPSA) is 51.0 Å². The van der Waals surface area contributed by atoms with Gasteiger partial charge < -0.3 is 9.84 Å². The molecule has 14 heavy (non-hydrogen) atoms. The van der Waals surface area contributed by atoms with Crippen LogP contribution in [0.5, 0.6) is 0 Å². The maximum absolute atomic E-state index is 5.02. The molecule has 0 saturated carbocycles. The molecule has 0 bridgehead atoms. The van der Waals surface area contributed by atoms with Gasteiger partial charge in [-0.15, -0.1) is 0 Å². The van der Waals surface area contributed by atoms with E-state index in [1.807, 2.05) is 18.7 Å². The van der Waals surface area contributed by atoms with Gasteiger partial charge in [-0.3, -0.25) is 0 Å². The minimum atomic E-state index is 0.684. The summed E-state index contributed by atoms with van der Waals surface area (Å²) in [7, 11) is 0. The second-order valence-electron chi connectivity index (χ2n) is 3.50. The molecular weight excluding hydrogens is 198 g/mol. The van der Waals surface area contributed by atoms with Crippen LogP contribution in [-0.2, 0) is 6.42 Å². The van der Waals surface area contributed by atoms with Crippen LogP contribution in [0, 0.1) is 6.92 Å². The molecule has 1 aromatic heterocycles. The van der Waals surface area contributed by atoms with Crippen molar-refractivity contribution in [3.05, 3.63) is 11.7 Å². The average molecular weight is 213 g/mol. The van der Waals surface area contributed by atoms with E-state index in [4.69, 9.17) is 4.52 Å². The number of aryl methyl sites for hydroxylation is 1. The highest BCUT2D eigenvalue weighted by atomic mass is 32.2. The number of hydrogen-bond donors (Lipinski definition) is 1. The second-order valence-corrected chi connectivity index (χ2v) is 4.65. The molecule has 2 rings (SSSR count). The smallest absolute Gasteiger partial charge is 0.227 e. The molecule has 0 aromatic carbocycles. The Kier molecular flexibility index (Phi) is 3.42. The minimum absolute atomic E-state index is 0.684. The number of nitrogens with zero attached hydrogens (tertiary/aromatic N) is 2. The number of hydrogen-bond acceptors (Lipinski definition) is 5. The van der Waals surface area contributed by atoms with Crippen LogP contribution < -0.4 is 5.32 Å². The van der Waals surface area contributed by atoms with Gasteiger partial charge in [0.25, 0.3) is 0 Å². The lowest BCUT2D eigenvalue weighted by molar-refractivity contribution is 0.370. The normalized spacial score (nSPS) is 21.6.